The Morgan fingerprint density at radius 1 is 1.45 bits per heavy atom. The SMILES string of the molecule is I.N#CCC1(CN=C(N)NC2CCOc3ccccc32)CC1. The molecule has 118 valence electrons. The summed E-state index contributed by atoms with van der Waals surface area (Å²) in [5.41, 5.74) is 7.22. The first-order chi connectivity index (χ1) is 10.2. The standard InChI is InChI=1S/C16H20N4O.HI/c17-9-8-16(6-7-16)11-19-15(18)20-13-5-10-21-14-4-2-1-3-12(13)14;/h1-4,13H,5-8,10-11H2,(H3,18,19,20);1H. The Bertz CT molecular complexity index is 592. The monoisotopic (exact) mass is 412 g/mol. The Morgan fingerprint density at radius 2 is 2.23 bits per heavy atom. The van der Waals surface area contributed by atoms with Gasteiger partial charge in [0.15, 0.2) is 5.96 Å². The van der Waals surface area contributed by atoms with Crippen LogP contribution in [0.4, 0.5) is 0 Å². The summed E-state index contributed by atoms with van der Waals surface area (Å²) in [6.45, 7) is 1.32. The van der Waals surface area contributed by atoms with Crippen LogP contribution in [-0.4, -0.2) is 19.1 Å². The molecule has 6 heteroatoms. The van der Waals surface area contributed by atoms with Crippen LogP contribution in [-0.2, 0) is 0 Å². The molecule has 0 spiro atoms. The van der Waals surface area contributed by atoms with E-state index in [1.165, 1.54) is 0 Å². The van der Waals surface area contributed by atoms with E-state index in [-0.39, 0.29) is 35.4 Å². The molecule has 3 N–H and O–H groups in total. The highest BCUT2D eigenvalue weighted by Gasteiger charge is 2.42. The van der Waals surface area contributed by atoms with E-state index in [4.69, 9.17) is 15.7 Å². The average molecular weight is 412 g/mol. The predicted octanol–water partition coefficient (Wildman–Crippen LogP) is 2.73. The minimum atomic E-state index is 0. The molecule has 1 unspecified atom stereocenters. The van der Waals surface area contributed by atoms with Crippen molar-refractivity contribution in [2.24, 2.45) is 16.1 Å². The molecule has 5 nitrogen and oxygen atoms in total. The number of para-hydroxylation sites is 1. The quantitative estimate of drug-likeness (QED) is 0.453. The fraction of sp³-hybridized carbons (Fsp3) is 0.500. The van der Waals surface area contributed by atoms with Crippen LogP contribution in [0.3, 0.4) is 0 Å². The predicted molar refractivity (Wildman–Crippen MR) is 96.2 cm³/mol. The Balaban J connectivity index is 0.00000176. The second-order valence-corrected chi connectivity index (χ2v) is 5.91. The molecule has 0 bridgehead atoms. The zero-order valence-electron chi connectivity index (χ0n) is 12.4. The van der Waals surface area contributed by atoms with Gasteiger partial charge < -0.3 is 15.8 Å². The third-order valence-corrected chi connectivity index (χ3v) is 4.28. The molecule has 0 radical (unpaired) electrons. The van der Waals surface area contributed by atoms with E-state index in [1.54, 1.807) is 0 Å². The third-order valence-electron chi connectivity index (χ3n) is 4.28. The van der Waals surface area contributed by atoms with Crippen LogP contribution >= 0.6 is 24.0 Å². The minimum Gasteiger partial charge on any atom is -0.493 e. The van der Waals surface area contributed by atoms with E-state index >= 15 is 0 Å². The minimum absolute atomic E-state index is 0. The van der Waals surface area contributed by atoms with E-state index in [1.807, 2.05) is 18.2 Å². The highest BCUT2D eigenvalue weighted by molar-refractivity contribution is 14.0. The summed E-state index contributed by atoms with van der Waals surface area (Å²) >= 11 is 0. The first-order valence-electron chi connectivity index (χ1n) is 7.38. The van der Waals surface area contributed by atoms with Crippen molar-refractivity contribution in [3.63, 3.8) is 0 Å². The molecule has 1 aromatic carbocycles. The number of nitriles is 1. The zero-order chi connectivity index (χ0) is 14.7. The second kappa shape index (κ2) is 7.18. The lowest BCUT2D eigenvalue weighted by Gasteiger charge is -2.27. The molecule has 1 aliphatic heterocycles. The number of nitrogens with one attached hydrogen (secondary N) is 1. The van der Waals surface area contributed by atoms with Crippen molar-refractivity contribution in [3.8, 4) is 11.8 Å². The average Bonchev–Trinajstić information content (AvgIpc) is 3.26. The molecule has 1 aliphatic carbocycles. The van der Waals surface area contributed by atoms with Gasteiger partial charge in [0.05, 0.1) is 18.7 Å². The summed E-state index contributed by atoms with van der Waals surface area (Å²) in [6.07, 6.45) is 3.61. The number of guanidine groups is 1. The van der Waals surface area contributed by atoms with Gasteiger partial charge in [-0.3, -0.25) is 4.99 Å². The van der Waals surface area contributed by atoms with Crippen LogP contribution in [0.1, 0.15) is 37.3 Å². The smallest absolute Gasteiger partial charge is 0.189 e. The molecular formula is C16H21IN4O. The molecule has 0 saturated heterocycles. The maximum Gasteiger partial charge on any atom is 0.189 e. The Hall–Kier alpha value is -1.49. The highest BCUT2D eigenvalue weighted by Crippen LogP contribution is 2.48. The number of aliphatic imine (C=N–C) groups is 1. The van der Waals surface area contributed by atoms with E-state index in [9.17, 15) is 0 Å². The van der Waals surface area contributed by atoms with Gasteiger partial charge in [0.1, 0.15) is 5.75 Å². The maximum atomic E-state index is 8.82. The number of benzene rings is 1. The molecule has 22 heavy (non-hydrogen) atoms. The van der Waals surface area contributed by atoms with Gasteiger partial charge >= 0.3 is 0 Å². The van der Waals surface area contributed by atoms with E-state index in [0.29, 0.717) is 25.5 Å². The molecule has 1 fully saturated rings. The van der Waals surface area contributed by atoms with Crippen molar-refractivity contribution in [3.05, 3.63) is 29.8 Å². The number of fused-ring (bicyclic) bond motifs is 1. The Morgan fingerprint density at radius 3 is 2.95 bits per heavy atom. The summed E-state index contributed by atoms with van der Waals surface area (Å²) < 4.78 is 5.63. The van der Waals surface area contributed by atoms with Gasteiger partial charge in [-0.15, -0.1) is 24.0 Å². The number of nitrogens with two attached hydrogens (primary N) is 1. The van der Waals surface area contributed by atoms with Crippen LogP contribution in [0.25, 0.3) is 0 Å². The van der Waals surface area contributed by atoms with Crippen molar-refractivity contribution < 1.29 is 4.74 Å². The van der Waals surface area contributed by atoms with Gasteiger partial charge in [-0.2, -0.15) is 5.26 Å². The summed E-state index contributed by atoms with van der Waals surface area (Å²) in [6, 6.07) is 10.4. The van der Waals surface area contributed by atoms with Crippen molar-refractivity contribution in [1.82, 2.24) is 5.32 Å². The van der Waals surface area contributed by atoms with Crippen LogP contribution in [0.15, 0.2) is 29.3 Å². The number of hydrogen-bond donors (Lipinski definition) is 2. The first-order valence-corrected chi connectivity index (χ1v) is 7.38. The fourth-order valence-corrected chi connectivity index (χ4v) is 2.70. The van der Waals surface area contributed by atoms with E-state index < -0.39 is 0 Å². The first kappa shape index (κ1) is 16.9. The molecule has 1 atom stereocenters. The van der Waals surface area contributed by atoms with E-state index in [2.05, 4.69) is 22.4 Å². The number of nitrogens with zero attached hydrogens (tertiary/aromatic N) is 2. The summed E-state index contributed by atoms with van der Waals surface area (Å²) in [5, 5.41) is 12.1. The molecule has 1 saturated carbocycles. The Kier molecular flexibility index (Phi) is 5.51. The van der Waals surface area contributed by atoms with Crippen molar-refractivity contribution in [2.75, 3.05) is 13.2 Å². The molecular weight excluding hydrogens is 391 g/mol. The van der Waals surface area contributed by atoms with Gasteiger partial charge in [0.25, 0.3) is 0 Å². The van der Waals surface area contributed by atoms with Crippen LogP contribution in [0.2, 0.25) is 0 Å². The van der Waals surface area contributed by atoms with E-state index in [0.717, 1.165) is 30.6 Å². The van der Waals surface area contributed by atoms with Gasteiger partial charge in [0, 0.05) is 30.4 Å². The molecule has 2 aliphatic rings. The van der Waals surface area contributed by atoms with Crippen molar-refractivity contribution >= 4 is 29.9 Å². The fourth-order valence-electron chi connectivity index (χ4n) is 2.70. The molecule has 1 heterocycles. The number of rotatable bonds is 4. The summed E-state index contributed by atoms with van der Waals surface area (Å²) in [5.74, 6) is 1.37. The van der Waals surface area contributed by atoms with Crippen molar-refractivity contribution in [2.45, 2.75) is 31.7 Å². The maximum absolute atomic E-state index is 8.82. The van der Waals surface area contributed by atoms with Crippen LogP contribution in [0.5, 0.6) is 5.75 Å². The normalized spacial score (nSPS) is 21.6. The van der Waals surface area contributed by atoms with Gasteiger partial charge in [-0.1, -0.05) is 18.2 Å². The zero-order valence-corrected chi connectivity index (χ0v) is 14.7. The number of ether oxygens (including phenoxy) is 1. The molecule has 0 aromatic heterocycles. The lowest BCUT2D eigenvalue weighted by molar-refractivity contribution is 0.262. The summed E-state index contributed by atoms with van der Waals surface area (Å²) in [4.78, 5) is 4.44. The van der Waals surface area contributed by atoms with Gasteiger partial charge in [0.2, 0.25) is 0 Å². The molecule has 0 amide bonds. The molecule has 1 aromatic rings. The number of halogens is 1. The highest BCUT2D eigenvalue weighted by atomic mass is 127. The topological polar surface area (TPSA) is 83.4 Å². The van der Waals surface area contributed by atoms with Crippen LogP contribution < -0.4 is 15.8 Å². The molecule has 3 rings (SSSR count). The second-order valence-electron chi connectivity index (χ2n) is 5.91. The third kappa shape index (κ3) is 3.83. The van der Waals surface area contributed by atoms with Gasteiger partial charge in [-0.25, -0.2) is 0 Å². The summed E-state index contributed by atoms with van der Waals surface area (Å²) in [7, 11) is 0. The Labute approximate surface area is 148 Å². The van der Waals surface area contributed by atoms with Crippen LogP contribution in [0, 0.1) is 16.7 Å². The number of hydrogen-bond acceptors (Lipinski definition) is 3. The van der Waals surface area contributed by atoms with Crippen molar-refractivity contribution in [1.29, 1.82) is 5.26 Å². The van der Waals surface area contributed by atoms with Gasteiger partial charge in [-0.05, 0) is 18.9 Å². The lowest BCUT2D eigenvalue weighted by atomic mass is 10.0. The lowest BCUT2D eigenvalue weighted by Crippen LogP contribution is -2.37. The largest absolute Gasteiger partial charge is 0.493 e.